The van der Waals surface area contributed by atoms with Crippen molar-refractivity contribution >= 4 is 23.2 Å². The van der Waals surface area contributed by atoms with Gasteiger partial charge in [0, 0.05) is 16.1 Å². The van der Waals surface area contributed by atoms with Gasteiger partial charge in [0.05, 0.1) is 5.92 Å². The van der Waals surface area contributed by atoms with E-state index in [1.807, 2.05) is 25.1 Å². The largest absolute Gasteiger partial charge is 0.326 e. The Morgan fingerprint density at radius 3 is 2.07 bits per heavy atom. The molecule has 0 heterocycles. The molecule has 1 saturated carbocycles. The number of hydrogen-bond acceptors (Lipinski definition) is 1. The summed E-state index contributed by atoms with van der Waals surface area (Å²) < 4.78 is 0. The van der Waals surface area contributed by atoms with E-state index in [1.54, 1.807) is 0 Å². The summed E-state index contributed by atoms with van der Waals surface area (Å²) in [7, 11) is 0. The van der Waals surface area contributed by atoms with Crippen LogP contribution in [0.2, 0.25) is 5.02 Å². The van der Waals surface area contributed by atoms with Crippen molar-refractivity contribution in [1.82, 2.24) is 0 Å². The summed E-state index contributed by atoms with van der Waals surface area (Å²) in [4.78, 5) is 13.2. The van der Waals surface area contributed by atoms with Gasteiger partial charge in [-0.2, -0.15) is 0 Å². The van der Waals surface area contributed by atoms with Crippen molar-refractivity contribution in [3.05, 3.63) is 99.6 Å². The van der Waals surface area contributed by atoms with Crippen LogP contribution in [-0.4, -0.2) is 5.91 Å². The van der Waals surface area contributed by atoms with Crippen LogP contribution in [-0.2, 0) is 10.2 Å². The zero-order chi connectivity index (χ0) is 19.9. The summed E-state index contributed by atoms with van der Waals surface area (Å²) in [6.45, 7) is 6.12. The molecule has 0 saturated heterocycles. The fourth-order valence-corrected chi connectivity index (χ4v) is 4.37. The summed E-state index contributed by atoms with van der Waals surface area (Å²) in [6.07, 6.45) is 0.811. The van der Waals surface area contributed by atoms with Crippen LogP contribution in [0.5, 0.6) is 0 Å². The Bertz CT molecular complexity index is 1010. The minimum atomic E-state index is -0.269. The highest BCUT2D eigenvalue weighted by atomic mass is 35.5. The fourth-order valence-electron chi connectivity index (χ4n) is 4.19. The molecule has 2 nitrogen and oxygen atoms in total. The average Bonchev–Trinajstić information content (AvgIpc) is 3.43. The Balaban J connectivity index is 1.71. The van der Waals surface area contributed by atoms with Gasteiger partial charge in [-0.3, -0.25) is 4.79 Å². The first kappa shape index (κ1) is 18.8. The molecule has 1 fully saturated rings. The highest BCUT2D eigenvalue weighted by Crippen LogP contribution is 2.59. The van der Waals surface area contributed by atoms with Gasteiger partial charge in [0.2, 0.25) is 5.91 Å². The Morgan fingerprint density at radius 1 is 0.929 bits per heavy atom. The maximum Gasteiger partial charge on any atom is 0.228 e. The third kappa shape index (κ3) is 3.22. The van der Waals surface area contributed by atoms with E-state index in [0.717, 1.165) is 17.7 Å². The van der Waals surface area contributed by atoms with Crippen molar-refractivity contribution in [3.63, 3.8) is 0 Å². The van der Waals surface area contributed by atoms with Crippen molar-refractivity contribution in [3.8, 4) is 0 Å². The van der Waals surface area contributed by atoms with Crippen LogP contribution in [0.15, 0.2) is 66.7 Å². The predicted molar refractivity (Wildman–Crippen MR) is 116 cm³/mol. The van der Waals surface area contributed by atoms with E-state index in [2.05, 4.69) is 67.7 Å². The minimum Gasteiger partial charge on any atom is -0.326 e. The van der Waals surface area contributed by atoms with Gasteiger partial charge in [0.15, 0.2) is 0 Å². The lowest BCUT2D eigenvalue weighted by atomic mass is 9.84. The molecule has 0 aromatic heterocycles. The molecular formula is C25H24ClNO. The maximum atomic E-state index is 13.2. The van der Waals surface area contributed by atoms with Crippen LogP contribution in [0.3, 0.4) is 0 Å². The van der Waals surface area contributed by atoms with Gasteiger partial charge in [-0.1, -0.05) is 77.3 Å². The predicted octanol–water partition coefficient (Wildman–Crippen LogP) is 6.21. The molecule has 0 bridgehead atoms. The summed E-state index contributed by atoms with van der Waals surface area (Å²) in [5, 5.41) is 3.78. The van der Waals surface area contributed by atoms with Gasteiger partial charge >= 0.3 is 0 Å². The minimum absolute atomic E-state index is 0.0494. The number of anilines is 1. The number of nitrogens with one attached hydrogen (secondary N) is 1. The molecule has 0 radical (unpaired) electrons. The molecule has 1 aliphatic rings. The summed E-state index contributed by atoms with van der Waals surface area (Å²) in [5.74, 6) is -0.0529. The Kier molecular flexibility index (Phi) is 4.76. The number of amides is 1. The van der Waals surface area contributed by atoms with Crippen LogP contribution in [0.4, 0.5) is 5.69 Å². The molecule has 142 valence electrons. The fraction of sp³-hybridized carbons (Fsp3) is 0.240. The van der Waals surface area contributed by atoms with Gasteiger partial charge in [0.1, 0.15) is 0 Å². The van der Waals surface area contributed by atoms with E-state index >= 15 is 0 Å². The molecule has 0 spiro atoms. The third-order valence-corrected chi connectivity index (χ3v) is 6.28. The van der Waals surface area contributed by atoms with Crippen molar-refractivity contribution in [2.45, 2.75) is 32.6 Å². The molecule has 1 atom stereocenters. The van der Waals surface area contributed by atoms with Crippen LogP contribution >= 0.6 is 11.6 Å². The molecule has 3 aromatic carbocycles. The number of halogens is 1. The summed E-state index contributed by atoms with van der Waals surface area (Å²) in [5.41, 5.74) is 6.25. The zero-order valence-corrected chi connectivity index (χ0v) is 17.2. The smallest absolute Gasteiger partial charge is 0.228 e. The number of aryl methyl sites for hydroxylation is 2. The van der Waals surface area contributed by atoms with Gasteiger partial charge < -0.3 is 5.32 Å². The lowest BCUT2D eigenvalue weighted by Crippen LogP contribution is -2.22. The first-order valence-corrected chi connectivity index (χ1v) is 10.00. The molecule has 1 N–H and O–H groups in total. The maximum absolute atomic E-state index is 13.2. The highest BCUT2D eigenvalue weighted by molar-refractivity contribution is 6.31. The first-order chi connectivity index (χ1) is 13.4. The topological polar surface area (TPSA) is 29.1 Å². The molecule has 28 heavy (non-hydrogen) atoms. The van der Waals surface area contributed by atoms with Crippen LogP contribution in [0.1, 0.15) is 34.2 Å². The quantitative estimate of drug-likeness (QED) is 0.564. The Labute approximate surface area is 171 Å². The molecule has 4 rings (SSSR count). The van der Waals surface area contributed by atoms with E-state index < -0.39 is 0 Å². The van der Waals surface area contributed by atoms with Crippen molar-refractivity contribution in [1.29, 1.82) is 0 Å². The second-order valence-corrected chi connectivity index (χ2v) is 8.28. The van der Waals surface area contributed by atoms with Gasteiger partial charge in [-0.25, -0.2) is 0 Å². The van der Waals surface area contributed by atoms with Crippen molar-refractivity contribution < 1.29 is 4.79 Å². The van der Waals surface area contributed by atoms with Crippen molar-refractivity contribution in [2.75, 3.05) is 5.32 Å². The zero-order valence-electron chi connectivity index (χ0n) is 16.4. The van der Waals surface area contributed by atoms with Crippen LogP contribution in [0, 0.1) is 26.7 Å². The van der Waals surface area contributed by atoms with Gasteiger partial charge in [-0.15, -0.1) is 0 Å². The van der Waals surface area contributed by atoms with E-state index in [4.69, 9.17) is 11.6 Å². The van der Waals surface area contributed by atoms with Crippen LogP contribution < -0.4 is 5.32 Å². The lowest BCUT2D eigenvalue weighted by molar-refractivity contribution is -0.117. The van der Waals surface area contributed by atoms with E-state index in [0.29, 0.717) is 5.02 Å². The highest BCUT2D eigenvalue weighted by Gasteiger charge is 2.60. The number of carbonyl (C=O) groups excluding carboxylic acids is 1. The number of carbonyl (C=O) groups is 1. The van der Waals surface area contributed by atoms with Gasteiger partial charge in [-0.05, 0) is 56.0 Å². The van der Waals surface area contributed by atoms with Gasteiger partial charge in [0.25, 0.3) is 0 Å². The Morgan fingerprint density at radius 2 is 1.50 bits per heavy atom. The Hall–Kier alpha value is -2.58. The number of benzene rings is 3. The molecule has 3 heteroatoms. The second kappa shape index (κ2) is 7.10. The van der Waals surface area contributed by atoms with E-state index in [1.165, 1.54) is 22.3 Å². The average molecular weight is 390 g/mol. The summed E-state index contributed by atoms with van der Waals surface area (Å²) >= 11 is 6.22. The molecule has 0 aliphatic heterocycles. The molecule has 1 amide bonds. The SMILES string of the molecule is Cc1cccc(C2(c3cccc(C)c3)C[C@@H]2C(=O)Nc2cccc(Cl)c2C)c1. The molecule has 0 unspecified atom stereocenters. The van der Waals surface area contributed by atoms with E-state index in [9.17, 15) is 4.79 Å². The molecular weight excluding hydrogens is 366 g/mol. The number of hydrogen-bond donors (Lipinski definition) is 1. The third-order valence-electron chi connectivity index (χ3n) is 5.87. The summed E-state index contributed by atoms with van der Waals surface area (Å²) in [6, 6.07) is 22.7. The lowest BCUT2D eigenvalue weighted by Gasteiger charge is -2.20. The normalized spacial score (nSPS) is 17.2. The molecule has 3 aromatic rings. The first-order valence-electron chi connectivity index (χ1n) is 9.62. The second-order valence-electron chi connectivity index (χ2n) is 7.87. The van der Waals surface area contributed by atoms with Crippen LogP contribution in [0.25, 0.3) is 0 Å². The van der Waals surface area contributed by atoms with Crippen molar-refractivity contribution in [2.24, 2.45) is 5.92 Å². The standard InChI is InChI=1S/C25H24ClNO/c1-16-7-4-9-19(13-16)25(20-10-5-8-17(2)14-20)15-21(25)24(28)27-23-12-6-11-22(26)18(23)3/h4-14,21H,15H2,1-3H3,(H,27,28)/t21-/m1/s1. The number of rotatable bonds is 4. The monoisotopic (exact) mass is 389 g/mol. The van der Waals surface area contributed by atoms with E-state index in [-0.39, 0.29) is 17.2 Å². The molecule has 1 aliphatic carbocycles.